The van der Waals surface area contributed by atoms with Gasteiger partial charge in [-0.1, -0.05) is 13.8 Å². The van der Waals surface area contributed by atoms with E-state index in [0.717, 1.165) is 0 Å². The average Bonchev–Trinajstić information content (AvgIpc) is 2.37. The summed E-state index contributed by atoms with van der Waals surface area (Å²) in [6.07, 6.45) is 0.879. The molecule has 0 aliphatic carbocycles. The number of aliphatic hydroxyl groups is 1. The van der Waals surface area contributed by atoms with Crippen LogP contribution in [0.2, 0.25) is 0 Å². The van der Waals surface area contributed by atoms with E-state index in [1.54, 1.807) is 0 Å². The molecule has 5 nitrogen and oxygen atoms in total. The van der Waals surface area contributed by atoms with Crippen LogP contribution in [0.1, 0.15) is 26.7 Å². The molecule has 1 amide bonds. The lowest BCUT2D eigenvalue weighted by molar-refractivity contribution is -0.132. The number of nitrogens with zero attached hydrogens (tertiary/aromatic N) is 1. The van der Waals surface area contributed by atoms with Crippen molar-refractivity contribution >= 4 is 5.91 Å². The topological polar surface area (TPSA) is 82.4 Å². The lowest BCUT2D eigenvalue weighted by Gasteiger charge is -2.31. The largest absolute Gasteiger partial charge is 0.396 e. The van der Waals surface area contributed by atoms with Crippen LogP contribution < -0.4 is 5.32 Å². The molecular weight excluding hydrogens is 220 g/mol. The van der Waals surface area contributed by atoms with Crippen LogP contribution in [0.5, 0.6) is 0 Å². The molecule has 0 unspecified atom stereocenters. The van der Waals surface area contributed by atoms with Gasteiger partial charge in [0.15, 0.2) is 0 Å². The quantitative estimate of drug-likeness (QED) is 0.747. The molecule has 0 saturated carbocycles. The number of rotatable bonds is 4. The standard InChI is InChI=1S/C12H20N2O3/c1-11(2,9-15)8-14-10(16)12(7-13)3-5-17-6-4-12/h15H,3-6,8-9H2,1-2H3,(H,14,16). The van der Waals surface area contributed by atoms with Crippen molar-refractivity contribution in [1.29, 1.82) is 5.26 Å². The Balaban J connectivity index is 2.59. The Morgan fingerprint density at radius 1 is 1.53 bits per heavy atom. The van der Waals surface area contributed by atoms with Crippen LogP contribution >= 0.6 is 0 Å². The number of hydrogen-bond donors (Lipinski definition) is 2. The van der Waals surface area contributed by atoms with Crippen LogP contribution in [-0.2, 0) is 9.53 Å². The number of aliphatic hydroxyl groups excluding tert-OH is 1. The number of carbonyl (C=O) groups is 1. The Morgan fingerprint density at radius 2 is 2.12 bits per heavy atom. The minimum absolute atomic E-state index is 0.00402. The van der Waals surface area contributed by atoms with Crippen molar-refractivity contribution in [1.82, 2.24) is 5.32 Å². The third-order valence-electron chi connectivity index (χ3n) is 3.15. The van der Waals surface area contributed by atoms with Crippen LogP contribution in [0.3, 0.4) is 0 Å². The summed E-state index contributed by atoms with van der Waals surface area (Å²) in [6.45, 7) is 4.98. The third-order valence-corrected chi connectivity index (χ3v) is 3.15. The molecule has 0 aromatic rings. The molecule has 1 heterocycles. The summed E-state index contributed by atoms with van der Waals surface area (Å²) in [7, 11) is 0. The number of hydrogen-bond acceptors (Lipinski definition) is 4. The summed E-state index contributed by atoms with van der Waals surface area (Å²) < 4.78 is 5.17. The Morgan fingerprint density at radius 3 is 2.59 bits per heavy atom. The zero-order chi connectivity index (χ0) is 12.9. The van der Waals surface area contributed by atoms with E-state index in [2.05, 4.69) is 11.4 Å². The maximum atomic E-state index is 12.0. The highest BCUT2D eigenvalue weighted by molar-refractivity contribution is 5.85. The summed E-state index contributed by atoms with van der Waals surface area (Å²) in [5, 5.41) is 21.0. The summed E-state index contributed by atoms with van der Waals surface area (Å²) in [4.78, 5) is 12.0. The van der Waals surface area contributed by atoms with Crippen LogP contribution in [0.15, 0.2) is 0 Å². The van der Waals surface area contributed by atoms with Gasteiger partial charge < -0.3 is 15.2 Å². The predicted octanol–water partition coefficient (Wildman–Crippen LogP) is 0.441. The van der Waals surface area contributed by atoms with Crippen LogP contribution in [-0.4, -0.2) is 37.4 Å². The lowest BCUT2D eigenvalue weighted by atomic mass is 9.80. The van der Waals surface area contributed by atoms with E-state index in [1.807, 2.05) is 13.8 Å². The van der Waals surface area contributed by atoms with Gasteiger partial charge in [0.25, 0.3) is 0 Å². The fourth-order valence-corrected chi connectivity index (χ4v) is 1.65. The number of nitriles is 1. The van der Waals surface area contributed by atoms with Crippen molar-refractivity contribution < 1.29 is 14.6 Å². The minimum atomic E-state index is -0.955. The zero-order valence-corrected chi connectivity index (χ0v) is 10.5. The van der Waals surface area contributed by atoms with E-state index in [9.17, 15) is 10.1 Å². The lowest BCUT2D eigenvalue weighted by Crippen LogP contribution is -2.47. The number of ether oxygens (including phenoxy) is 1. The van der Waals surface area contributed by atoms with Crippen molar-refractivity contribution in [2.24, 2.45) is 10.8 Å². The van der Waals surface area contributed by atoms with Gasteiger partial charge in [-0.15, -0.1) is 0 Å². The molecule has 2 N–H and O–H groups in total. The van der Waals surface area contributed by atoms with E-state index in [1.165, 1.54) is 0 Å². The van der Waals surface area contributed by atoms with Gasteiger partial charge in [-0.05, 0) is 12.8 Å². The van der Waals surface area contributed by atoms with Gasteiger partial charge in [-0.25, -0.2) is 0 Å². The molecule has 0 aromatic carbocycles. The van der Waals surface area contributed by atoms with Crippen molar-refractivity contribution in [3.05, 3.63) is 0 Å². The first-order valence-electron chi connectivity index (χ1n) is 5.84. The zero-order valence-electron chi connectivity index (χ0n) is 10.5. The molecule has 0 radical (unpaired) electrons. The molecule has 0 bridgehead atoms. The molecule has 1 fully saturated rings. The van der Waals surface area contributed by atoms with Crippen molar-refractivity contribution in [2.45, 2.75) is 26.7 Å². The van der Waals surface area contributed by atoms with Gasteiger partial charge in [0.1, 0.15) is 5.41 Å². The van der Waals surface area contributed by atoms with Gasteiger partial charge in [-0.3, -0.25) is 4.79 Å². The first-order valence-corrected chi connectivity index (χ1v) is 5.84. The number of nitrogens with one attached hydrogen (secondary N) is 1. The third kappa shape index (κ3) is 3.42. The van der Waals surface area contributed by atoms with Crippen LogP contribution in [0.25, 0.3) is 0 Å². The molecule has 17 heavy (non-hydrogen) atoms. The second-order valence-corrected chi connectivity index (χ2v) is 5.31. The van der Waals surface area contributed by atoms with E-state index >= 15 is 0 Å². The maximum absolute atomic E-state index is 12.0. The molecule has 1 aliphatic rings. The summed E-state index contributed by atoms with van der Waals surface area (Å²) in [5.74, 6) is -0.246. The highest BCUT2D eigenvalue weighted by atomic mass is 16.5. The Labute approximate surface area is 102 Å². The molecule has 1 rings (SSSR count). The van der Waals surface area contributed by atoms with Crippen LogP contribution in [0, 0.1) is 22.2 Å². The predicted molar refractivity (Wildman–Crippen MR) is 62.0 cm³/mol. The van der Waals surface area contributed by atoms with Gasteiger partial charge in [0.05, 0.1) is 6.07 Å². The summed E-state index contributed by atoms with van der Waals surface area (Å²) in [5.41, 5.74) is -1.32. The highest BCUT2D eigenvalue weighted by Crippen LogP contribution is 2.30. The summed E-state index contributed by atoms with van der Waals surface area (Å²) in [6, 6.07) is 2.12. The van der Waals surface area contributed by atoms with Crippen molar-refractivity contribution in [2.75, 3.05) is 26.4 Å². The summed E-state index contributed by atoms with van der Waals surface area (Å²) >= 11 is 0. The molecule has 5 heteroatoms. The number of carbonyl (C=O) groups excluding carboxylic acids is 1. The molecule has 0 aromatic heterocycles. The van der Waals surface area contributed by atoms with E-state index in [4.69, 9.17) is 9.84 Å². The highest BCUT2D eigenvalue weighted by Gasteiger charge is 2.40. The van der Waals surface area contributed by atoms with Gasteiger partial charge in [0, 0.05) is 31.8 Å². The van der Waals surface area contributed by atoms with E-state index < -0.39 is 5.41 Å². The smallest absolute Gasteiger partial charge is 0.240 e. The Kier molecular flexibility index (Phi) is 4.49. The van der Waals surface area contributed by atoms with Crippen LogP contribution in [0.4, 0.5) is 0 Å². The van der Waals surface area contributed by atoms with Gasteiger partial charge in [0.2, 0.25) is 5.91 Å². The SMILES string of the molecule is CC(C)(CO)CNC(=O)C1(C#N)CCOCC1. The Hall–Kier alpha value is -1.12. The molecule has 0 atom stereocenters. The fourth-order valence-electron chi connectivity index (χ4n) is 1.65. The first-order chi connectivity index (χ1) is 7.96. The second kappa shape index (κ2) is 5.48. The molecule has 1 aliphatic heterocycles. The monoisotopic (exact) mass is 240 g/mol. The fraction of sp³-hybridized carbons (Fsp3) is 0.833. The molecule has 96 valence electrons. The second-order valence-electron chi connectivity index (χ2n) is 5.31. The van der Waals surface area contributed by atoms with Gasteiger partial charge >= 0.3 is 0 Å². The minimum Gasteiger partial charge on any atom is -0.396 e. The van der Waals surface area contributed by atoms with E-state index in [-0.39, 0.29) is 17.9 Å². The molecule has 0 spiro atoms. The molecular formula is C12H20N2O3. The maximum Gasteiger partial charge on any atom is 0.240 e. The van der Waals surface area contributed by atoms with Crippen molar-refractivity contribution in [3.8, 4) is 6.07 Å². The average molecular weight is 240 g/mol. The van der Waals surface area contributed by atoms with Gasteiger partial charge in [-0.2, -0.15) is 5.26 Å². The van der Waals surface area contributed by atoms with Crippen molar-refractivity contribution in [3.63, 3.8) is 0 Å². The first kappa shape index (κ1) is 13.9. The Bertz CT molecular complexity index is 314. The molecule has 1 saturated heterocycles. The number of amides is 1. The normalized spacial score (nSPS) is 19.4. The van der Waals surface area contributed by atoms with E-state index in [0.29, 0.717) is 32.6 Å².